The molecule has 2 saturated heterocycles. The van der Waals surface area contributed by atoms with Gasteiger partial charge >= 0.3 is 0 Å². The zero-order valence-electron chi connectivity index (χ0n) is 14.7. The molecule has 2 fully saturated rings. The summed E-state index contributed by atoms with van der Waals surface area (Å²) in [5, 5.41) is 0. The van der Waals surface area contributed by atoms with Crippen molar-refractivity contribution in [2.24, 2.45) is 17.1 Å². The van der Waals surface area contributed by atoms with E-state index in [0.29, 0.717) is 25.7 Å². The van der Waals surface area contributed by atoms with Gasteiger partial charge in [-0.25, -0.2) is 0 Å². The van der Waals surface area contributed by atoms with Crippen molar-refractivity contribution in [1.82, 2.24) is 4.90 Å². The standard InChI is InChI=1S/C19H28N2O3.ClH/c20-15-19(8-12-23-13-9-19)18(22)21-10-6-16(7-11-21)14-24-17-4-2-1-3-5-17;/h1-5,16H,6-15,20H2;1H. The number of benzene rings is 1. The van der Waals surface area contributed by atoms with Gasteiger partial charge < -0.3 is 20.1 Å². The zero-order chi connectivity index (χ0) is 16.8. The molecular formula is C19H29ClN2O3. The molecule has 0 saturated carbocycles. The molecule has 1 aromatic rings. The lowest BCUT2D eigenvalue weighted by molar-refractivity contribution is -0.148. The van der Waals surface area contributed by atoms with Crippen LogP contribution in [0.5, 0.6) is 5.75 Å². The monoisotopic (exact) mass is 368 g/mol. The Morgan fingerprint density at radius 2 is 1.84 bits per heavy atom. The van der Waals surface area contributed by atoms with Crippen LogP contribution in [0.4, 0.5) is 0 Å². The van der Waals surface area contributed by atoms with Crippen molar-refractivity contribution in [3.63, 3.8) is 0 Å². The highest BCUT2D eigenvalue weighted by molar-refractivity contribution is 5.85. The van der Waals surface area contributed by atoms with Crippen molar-refractivity contribution in [3.8, 4) is 5.75 Å². The summed E-state index contributed by atoms with van der Waals surface area (Å²) < 4.78 is 11.3. The highest BCUT2D eigenvalue weighted by atomic mass is 35.5. The number of nitrogens with two attached hydrogens (primary N) is 1. The Labute approximate surface area is 156 Å². The van der Waals surface area contributed by atoms with Crippen molar-refractivity contribution in [3.05, 3.63) is 30.3 Å². The van der Waals surface area contributed by atoms with Gasteiger partial charge in [0.1, 0.15) is 5.75 Å². The molecule has 0 aliphatic carbocycles. The van der Waals surface area contributed by atoms with E-state index in [1.807, 2.05) is 35.2 Å². The van der Waals surface area contributed by atoms with Gasteiger partial charge in [0, 0.05) is 32.8 Å². The van der Waals surface area contributed by atoms with E-state index in [-0.39, 0.29) is 18.3 Å². The van der Waals surface area contributed by atoms with Gasteiger partial charge in [-0.05, 0) is 43.7 Å². The Kier molecular flexibility index (Phi) is 7.54. The molecule has 0 spiro atoms. The molecule has 25 heavy (non-hydrogen) atoms. The molecule has 2 heterocycles. The lowest BCUT2D eigenvalue weighted by atomic mass is 9.78. The summed E-state index contributed by atoms with van der Waals surface area (Å²) in [6, 6.07) is 9.91. The lowest BCUT2D eigenvalue weighted by Crippen LogP contribution is -2.53. The number of para-hydroxylation sites is 1. The molecule has 0 aromatic heterocycles. The van der Waals surface area contributed by atoms with E-state index < -0.39 is 5.41 Å². The van der Waals surface area contributed by atoms with Crippen LogP contribution in [-0.4, -0.2) is 50.3 Å². The Balaban J connectivity index is 0.00000225. The molecule has 3 rings (SSSR count). The van der Waals surface area contributed by atoms with E-state index in [4.69, 9.17) is 15.2 Å². The molecule has 6 heteroatoms. The Morgan fingerprint density at radius 1 is 1.20 bits per heavy atom. The second-order valence-electron chi connectivity index (χ2n) is 6.96. The molecule has 2 N–H and O–H groups in total. The zero-order valence-corrected chi connectivity index (χ0v) is 15.5. The summed E-state index contributed by atoms with van der Waals surface area (Å²) in [4.78, 5) is 15.0. The van der Waals surface area contributed by atoms with Gasteiger partial charge in [-0.1, -0.05) is 18.2 Å². The molecule has 140 valence electrons. The fourth-order valence-electron chi connectivity index (χ4n) is 3.64. The van der Waals surface area contributed by atoms with Crippen molar-refractivity contribution < 1.29 is 14.3 Å². The smallest absolute Gasteiger partial charge is 0.230 e. The van der Waals surface area contributed by atoms with E-state index >= 15 is 0 Å². The van der Waals surface area contributed by atoms with Gasteiger partial charge in [0.2, 0.25) is 5.91 Å². The third kappa shape index (κ3) is 4.87. The first kappa shape index (κ1) is 20.0. The number of carbonyl (C=O) groups is 1. The molecular weight excluding hydrogens is 340 g/mol. The number of rotatable bonds is 5. The fraction of sp³-hybridized carbons (Fsp3) is 0.632. The van der Waals surface area contributed by atoms with Gasteiger partial charge in [0.25, 0.3) is 0 Å². The Hall–Kier alpha value is -1.30. The van der Waals surface area contributed by atoms with Crippen LogP contribution in [-0.2, 0) is 9.53 Å². The molecule has 5 nitrogen and oxygen atoms in total. The minimum Gasteiger partial charge on any atom is -0.493 e. The third-order valence-corrected chi connectivity index (χ3v) is 5.42. The van der Waals surface area contributed by atoms with Crippen LogP contribution in [0, 0.1) is 11.3 Å². The van der Waals surface area contributed by atoms with E-state index in [1.165, 1.54) is 0 Å². The quantitative estimate of drug-likeness (QED) is 0.867. The molecule has 0 atom stereocenters. The summed E-state index contributed by atoms with van der Waals surface area (Å²) in [5.74, 6) is 1.66. The van der Waals surface area contributed by atoms with Crippen molar-refractivity contribution >= 4 is 18.3 Å². The van der Waals surface area contributed by atoms with E-state index in [0.717, 1.165) is 51.1 Å². The number of likely N-dealkylation sites (tertiary alicyclic amines) is 1. The first-order valence-corrected chi connectivity index (χ1v) is 8.98. The van der Waals surface area contributed by atoms with Crippen LogP contribution in [0.1, 0.15) is 25.7 Å². The van der Waals surface area contributed by atoms with Crippen molar-refractivity contribution in [2.45, 2.75) is 25.7 Å². The molecule has 0 unspecified atom stereocenters. The van der Waals surface area contributed by atoms with E-state index in [1.54, 1.807) is 0 Å². The number of carbonyl (C=O) groups excluding carboxylic acids is 1. The van der Waals surface area contributed by atoms with Crippen LogP contribution in [0.2, 0.25) is 0 Å². The maximum Gasteiger partial charge on any atom is 0.230 e. The summed E-state index contributed by atoms with van der Waals surface area (Å²) in [6.07, 6.45) is 3.49. The molecule has 1 aromatic carbocycles. The highest BCUT2D eigenvalue weighted by Gasteiger charge is 2.42. The number of halogens is 1. The van der Waals surface area contributed by atoms with Crippen LogP contribution in [0.25, 0.3) is 0 Å². The average molecular weight is 369 g/mol. The number of hydrogen-bond acceptors (Lipinski definition) is 4. The number of piperidine rings is 1. The summed E-state index contributed by atoms with van der Waals surface area (Å²) >= 11 is 0. The molecule has 2 aliphatic rings. The summed E-state index contributed by atoms with van der Waals surface area (Å²) in [6.45, 7) is 4.05. The summed E-state index contributed by atoms with van der Waals surface area (Å²) in [7, 11) is 0. The first-order chi connectivity index (χ1) is 11.7. The summed E-state index contributed by atoms with van der Waals surface area (Å²) in [5.41, 5.74) is 5.56. The van der Waals surface area contributed by atoms with Crippen LogP contribution in [0.15, 0.2) is 30.3 Å². The fourth-order valence-corrected chi connectivity index (χ4v) is 3.64. The number of amides is 1. The Morgan fingerprint density at radius 3 is 2.44 bits per heavy atom. The number of nitrogens with zero attached hydrogens (tertiary/aromatic N) is 1. The molecule has 0 bridgehead atoms. The molecule has 1 amide bonds. The average Bonchev–Trinajstić information content (AvgIpc) is 2.67. The minimum atomic E-state index is -0.397. The van der Waals surface area contributed by atoms with E-state index in [2.05, 4.69) is 0 Å². The van der Waals surface area contributed by atoms with E-state index in [9.17, 15) is 4.79 Å². The molecule has 0 radical (unpaired) electrons. The number of ether oxygens (including phenoxy) is 2. The largest absolute Gasteiger partial charge is 0.493 e. The second-order valence-corrected chi connectivity index (χ2v) is 6.96. The van der Waals surface area contributed by atoms with Gasteiger partial charge in [-0.15, -0.1) is 12.4 Å². The van der Waals surface area contributed by atoms with Gasteiger partial charge in [0.15, 0.2) is 0 Å². The topological polar surface area (TPSA) is 64.8 Å². The number of hydrogen-bond donors (Lipinski definition) is 1. The lowest BCUT2D eigenvalue weighted by Gasteiger charge is -2.41. The van der Waals surface area contributed by atoms with Crippen LogP contribution >= 0.6 is 12.4 Å². The predicted octanol–water partition coefficient (Wildman–Crippen LogP) is 2.48. The van der Waals surface area contributed by atoms with Gasteiger partial charge in [-0.3, -0.25) is 4.79 Å². The highest BCUT2D eigenvalue weighted by Crippen LogP contribution is 2.33. The van der Waals surface area contributed by atoms with Crippen LogP contribution < -0.4 is 10.5 Å². The van der Waals surface area contributed by atoms with Crippen molar-refractivity contribution in [2.75, 3.05) is 39.5 Å². The normalized spacial score (nSPS) is 20.6. The van der Waals surface area contributed by atoms with Crippen molar-refractivity contribution in [1.29, 1.82) is 0 Å². The van der Waals surface area contributed by atoms with Crippen LogP contribution in [0.3, 0.4) is 0 Å². The molecule has 2 aliphatic heterocycles. The van der Waals surface area contributed by atoms with Gasteiger partial charge in [-0.2, -0.15) is 0 Å². The SMILES string of the molecule is Cl.NCC1(C(=O)N2CCC(COc3ccccc3)CC2)CCOCC1. The Bertz CT molecular complexity index is 527. The maximum atomic E-state index is 13.0. The first-order valence-electron chi connectivity index (χ1n) is 8.98. The maximum absolute atomic E-state index is 13.0. The second kappa shape index (κ2) is 9.41. The van der Waals surface area contributed by atoms with Gasteiger partial charge in [0.05, 0.1) is 12.0 Å². The predicted molar refractivity (Wildman–Crippen MR) is 100 cm³/mol. The minimum absolute atomic E-state index is 0. The third-order valence-electron chi connectivity index (χ3n) is 5.42.